The van der Waals surface area contributed by atoms with Crippen molar-refractivity contribution in [1.29, 1.82) is 0 Å². The van der Waals surface area contributed by atoms with Crippen LogP contribution in [0.5, 0.6) is 11.5 Å². The molecule has 1 N–H and O–H groups in total. The van der Waals surface area contributed by atoms with Crippen LogP contribution < -0.4 is 4.74 Å². The van der Waals surface area contributed by atoms with Crippen molar-refractivity contribution < 1.29 is 14.6 Å². The lowest BCUT2D eigenvalue weighted by atomic mass is 10.0. The zero-order valence-electron chi connectivity index (χ0n) is 10.3. The first-order valence-corrected chi connectivity index (χ1v) is 6.21. The van der Waals surface area contributed by atoms with Crippen molar-refractivity contribution in [2.24, 2.45) is 0 Å². The molecule has 4 heteroatoms. The Morgan fingerprint density at radius 2 is 1.68 bits per heavy atom. The smallest absolute Gasteiger partial charge is 0.310 e. The number of rotatable bonds is 4. The van der Waals surface area contributed by atoms with E-state index in [2.05, 4.69) is 0 Å². The minimum absolute atomic E-state index is 0.486. The second-order valence-corrected chi connectivity index (χ2v) is 4.54. The van der Waals surface area contributed by atoms with Crippen LogP contribution in [0.25, 0.3) is 0 Å². The number of para-hydroxylation sites is 2. The van der Waals surface area contributed by atoms with Gasteiger partial charge in [0.05, 0.1) is 10.9 Å². The van der Waals surface area contributed by atoms with E-state index in [1.807, 2.05) is 6.07 Å². The van der Waals surface area contributed by atoms with Gasteiger partial charge in [-0.05, 0) is 25.1 Å². The van der Waals surface area contributed by atoms with E-state index in [1.165, 1.54) is 0 Å². The summed E-state index contributed by atoms with van der Waals surface area (Å²) in [6.07, 6.45) is 0. The first kappa shape index (κ1) is 13.4. The zero-order chi connectivity index (χ0) is 13.8. The minimum Gasteiger partial charge on any atom is -0.481 e. The van der Waals surface area contributed by atoms with Crippen molar-refractivity contribution in [2.75, 3.05) is 0 Å². The molecule has 19 heavy (non-hydrogen) atoms. The maximum atomic E-state index is 11.1. The fraction of sp³-hybridized carbons (Fsp3) is 0.133. The van der Waals surface area contributed by atoms with Gasteiger partial charge in [0.2, 0.25) is 0 Å². The third-order valence-electron chi connectivity index (χ3n) is 2.81. The van der Waals surface area contributed by atoms with Gasteiger partial charge in [-0.1, -0.05) is 41.9 Å². The predicted molar refractivity (Wildman–Crippen MR) is 74.0 cm³/mol. The number of carboxylic acid groups (broad SMARTS) is 1. The lowest BCUT2D eigenvalue weighted by Crippen LogP contribution is -2.08. The lowest BCUT2D eigenvalue weighted by molar-refractivity contribution is -0.138. The fourth-order valence-electron chi connectivity index (χ4n) is 1.71. The lowest BCUT2D eigenvalue weighted by Gasteiger charge is -2.14. The van der Waals surface area contributed by atoms with Gasteiger partial charge in [-0.25, -0.2) is 0 Å². The van der Waals surface area contributed by atoms with Gasteiger partial charge in [-0.15, -0.1) is 0 Å². The molecule has 0 bridgehead atoms. The van der Waals surface area contributed by atoms with Crippen LogP contribution in [0.4, 0.5) is 0 Å². The van der Waals surface area contributed by atoms with E-state index in [-0.39, 0.29) is 0 Å². The van der Waals surface area contributed by atoms with Crippen LogP contribution in [0.15, 0.2) is 48.5 Å². The molecule has 2 rings (SSSR count). The summed E-state index contributed by atoms with van der Waals surface area (Å²) in [5.41, 5.74) is 0.620. The third-order valence-corrected chi connectivity index (χ3v) is 3.12. The normalized spacial score (nSPS) is 11.9. The molecule has 0 unspecified atom stereocenters. The van der Waals surface area contributed by atoms with E-state index < -0.39 is 11.9 Å². The van der Waals surface area contributed by atoms with Crippen molar-refractivity contribution in [3.05, 3.63) is 59.1 Å². The number of hydrogen-bond acceptors (Lipinski definition) is 2. The second kappa shape index (κ2) is 5.76. The van der Waals surface area contributed by atoms with Crippen molar-refractivity contribution in [3.63, 3.8) is 0 Å². The molecule has 3 nitrogen and oxygen atoms in total. The maximum Gasteiger partial charge on any atom is 0.310 e. The number of carbonyl (C=O) groups is 1. The topological polar surface area (TPSA) is 46.5 Å². The Bertz CT molecular complexity index is 595. The van der Waals surface area contributed by atoms with Gasteiger partial charge in [-0.2, -0.15) is 0 Å². The van der Waals surface area contributed by atoms with Crippen LogP contribution in [0.3, 0.4) is 0 Å². The second-order valence-electron chi connectivity index (χ2n) is 4.13. The number of aliphatic carboxylic acids is 1. The predicted octanol–water partition coefficient (Wildman–Crippen LogP) is 4.32. The van der Waals surface area contributed by atoms with Crippen LogP contribution in [0.2, 0.25) is 5.02 Å². The summed E-state index contributed by atoms with van der Waals surface area (Å²) in [6, 6.07) is 14.1. The summed E-state index contributed by atoms with van der Waals surface area (Å²) in [6.45, 7) is 1.62. The van der Waals surface area contributed by atoms with Gasteiger partial charge < -0.3 is 9.84 Å². The van der Waals surface area contributed by atoms with Crippen molar-refractivity contribution in [2.45, 2.75) is 12.8 Å². The van der Waals surface area contributed by atoms with E-state index in [1.54, 1.807) is 49.4 Å². The maximum absolute atomic E-state index is 11.1. The molecule has 0 amide bonds. The molecular formula is C15H13ClO3. The van der Waals surface area contributed by atoms with Crippen molar-refractivity contribution in [3.8, 4) is 11.5 Å². The molecule has 2 aromatic carbocycles. The molecule has 0 aliphatic carbocycles. The summed E-state index contributed by atoms with van der Waals surface area (Å²) < 4.78 is 5.72. The highest BCUT2D eigenvalue weighted by Gasteiger charge is 2.18. The molecule has 0 spiro atoms. The molecule has 0 saturated heterocycles. The largest absolute Gasteiger partial charge is 0.481 e. The zero-order valence-corrected chi connectivity index (χ0v) is 11.1. The molecule has 0 aliphatic heterocycles. The Balaban J connectivity index is 2.36. The standard InChI is InChI=1S/C15H13ClO3/c1-10(15(17)18)11-6-2-4-8-13(11)19-14-9-5-3-7-12(14)16/h2-10H,1H3,(H,17,18)/t10-/m1/s1. The number of ether oxygens (including phenoxy) is 1. The molecule has 0 aliphatic rings. The van der Waals surface area contributed by atoms with E-state index in [0.717, 1.165) is 0 Å². The Hall–Kier alpha value is -2.00. The number of hydrogen-bond donors (Lipinski definition) is 1. The molecule has 1 atom stereocenters. The highest BCUT2D eigenvalue weighted by atomic mass is 35.5. The minimum atomic E-state index is -0.893. The Morgan fingerprint density at radius 3 is 2.32 bits per heavy atom. The Morgan fingerprint density at radius 1 is 1.11 bits per heavy atom. The monoisotopic (exact) mass is 276 g/mol. The average Bonchev–Trinajstić information content (AvgIpc) is 2.41. The highest BCUT2D eigenvalue weighted by molar-refractivity contribution is 6.32. The SMILES string of the molecule is C[C@@H](C(=O)O)c1ccccc1Oc1ccccc1Cl. The fourth-order valence-corrected chi connectivity index (χ4v) is 1.88. The molecule has 0 heterocycles. The van der Waals surface area contributed by atoms with Gasteiger partial charge in [0, 0.05) is 5.56 Å². The van der Waals surface area contributed by atoms with Gasteiger partial charge in [0.25, 0.3) is 0 Å². The molecule has 2 aromatic rings. The van der Waals surface area contributed by atoms with Crippen molar-refractivity contribution >= 4 is 17.6 Å². The highest BCUT2D eigenvalue weighted by Crippen LogP contribution is 2.33. The average molecular weight is 277 g/mol. The van der Waals surface area contributed by atoms with Crippen LogP contribution in [0.1, 0.15) is 18.4 Å². The summed E-state index contributed by atoms with van der Waals surface area (Å²) in [5, 5.41) is 9.59. The summed E-state index contributed by atoms with van der Waals surface area (Å²) >= 11 is 6.03. The van der Waals surface area contributed by atoms with E-state index >= 15 is 0 Å². The van der Waals surface area contributed by atoms with Crippen LogP contribution in [-0.2, 0) is 4.79 Å². The Kier molecular flexibility index (Phi) is 4.07. The first-order valence-electron chi connectivity index (χ1n) is 5.83. The quantitative estimate of drug-likeness (QED) is 0.904. The van der Waals surface area contributed by atoms with Gasteiger partial charge >= 0.3 is 5.97 Å². The van der Waals surface area contributed by atoms with Crippen LogP contribution in [-0.4, -0.2) is 11.1 Å². The number of carboxylic acids is 1. The Labute approximate surface area is 116 Å². The summed E-state index contributed by atoms with van der Waals surface area (Å²) in [7, 11) is 0. The van der Waals surface area contributed by atoms with E-state index in [0.29, 0.717) is 22.1 Å². The van der Waals surface area contributed by atoms with Crippen LogP contribution >= 0.6 is 11.6 Å². The molecule has 0 aromatic heterocycles. The molecule has 98 valence electrons. The van der Waals surface area contributed by atoms with Crippen LogP contribution in [0, 0.1) is 0 Å². The molecule has 0 radical (unpaired) electrons. The van der Waals surface area contributed by atoms with Gasteiger partial charge in [-0.3, -0.25) is 4.79 Å². The molecular weight excluding hydrogens is 264 g/mol. The van der Waals surface area contributed by atoms with E-state index in [9.17, 15) is 4.79 Å². The first-order chi connectivity index (χ1) is 9.09. The van der Waals surface area contributed by atoms with E-state index in [4.69, 9.17) is 21.4 Å². The van der Waals surface area contributed by atoms with Gasteiger partial charge in [0.1, 0.15) is 11.5 Å². The molecule has 0 fully saturated rings. The van der Waals surface area contributed by atoms with Crippen molar-refractivity contribution in [1.82, 2.24) is 0 Å². The summed E-state index contributed by atoms with van der Waals surface area (Å²) in [4.78, 5) is 11.1. The van der Waals surface area contributed by atoms with Gasteiger partial charge in [0.15, 0.2) is 0 Å². The summed E-state index contributed by atoms with van der Waals surface area (Å²) in [5.74, 6) is -0.520. The number of halogens is 1. The number of benzene rings is 2. The molecule has 0 saturated carbocycles. The third kappa shape index (κ3) is 3.06.